The molecule has 0 aromatic carbocycles. The SMILES string of the molecule is CCCCCC/C=C\C/C=C\CCCCCCCC(=O)OCCCCCCCCCCCC/C=C\CCCCCCCCCC(=O)NC(CO)C(O)/C=C/CCCCCCCCCCCCCCC. The Labute approximate surface area is 429 Å². The van der Waals surface area contributed by atoms with Gasteiger partial charge in [0, 0.05) is 12.8 Å². The third-order valence-corrected chi connectivity index (χ3v) is 13.8. The van der Waals surface area contributed by atoms with Crippen LogP contribution in [0, 0.1) is 0 Å². The Bertz CT molecular complexity index is 1160. The molecule has 0 heterocycles. The minimum absolute atomic E-state index is 0.00625. The summed E-state index contributed by atoms with van der Waals surface area (Å²) < 4.78 is 5.48. The minimum Gasteiger partial charge on any atom is -0.466 e. The number of amides is 1. The number of ether oxygens (including phenoxy) is 1. The standard InChI is InChI=1S/C63H117NO5/c1-3-5-7-9-11-13-15-17-19-29-33-37-41-45-49-53-57-63(68)69-58-54-50-46-42-38-34-30-26-24-22-20-21-23-25-28-32-36-40-44-48-52-56-62(67)64-60(59-65)61(66)55-51-47-43-39-35-31-27-18-16-14-12-10-8-6-4-2/h13,15,19,21,23,29,51,55,60-61,65-66H,3-12,14,16-18,20,22,24-28,30-50,52-54,56-59H2,1-2H3,(H,64,67)/b15-13-,23-21-,29-19-,55-51+. The van der Waals surface area contributed by atoms with E-state index in [0.717, 1.165) is 57.8 Å². The second-order valence-electron chi connectivity index (χ2n) is 20.7. The molecule has 0 saturated carbocycles. The molecule has 404 valence electrons. The molecule has 6 nitrogen and oxygen atoms in total. The number of nitrogens with one attached hydrogen (secondary N) is 1. The van der Waals surface area contributed by atoms with Gasteiger partial charge in [-0.1, -0.05) is 262 Å². The van der Waals surface area contributed by atoms with Gasteiger partial charge < -0.3 is 20.3 Å². The Morgan fingerprint density at radius 3 is 1.13 bits per heavy atom. The molecule has 3 N–H and O–H groups in total. The van der Waals surface area contributed by atoms with E-state index in [-0.39, 0.29) is 18.5 Å². The van der Waals surface area contributed by atoms with Crippen LogP contribution in [0.3, 0.4) is 0 Å². The third-order valence-electron chi connectivity index (χ3n) is 13.8. The van der Waals surface area contributed by atoms with E-state index < -0.39 is 12.1 Å². The number of carbonyl (C=O) groups is 2. The predicted molar refractivity (Wildman–Crippen MR) is 301 cm³/mol. The predicted octanol–water partition coefficient (Wildman–Crippen LogP) is 19.0. The normalized spacial score (nSPS) is 12.9. The fourth-order valence-corrected chi connectivity index (χ4v) is 9.13. The fraction of sp³-hybridized carbons (Fsp3) is 0.841. The average molecular weight is 969 g/mol. The van der Waals surface area contributed by atoms with E-state index in [9.17, 15) is 19.8 Å². The molecule has 0 fully saturated rings. The molecule has 0 aliphatic rings. The number of allylic oxidation sites excluding steroid dienone is 7. The van der Waals surface area contributed by atoms with Crippen molar-refractivity contribution in [1.29, 1.82) is 0 Å². The minimum atomic E-state index is -0.850. The lowest BCUT2D eigenvalue weighted by atomic mass is 10.0. The van der Waals surface area contributed by atoms with Crippen LogP contribution in [0.15, 0.2) is 48.6 Å². The molecular formula is C63H117NO5. The molecule has 0 aliphatic carbocycles. The van der Waals surface area contributed by atoms with Crippen molar-refractivity contribution in [3.8, 4) is 0 Å². The number of unbranched alkanes of at least 4 members (excludes halogenated alkanes) is 39. The highest BCUT2D eigenvalue weighted by molar-refractivity contribution is 5.76. The molecular weight excluding hydrogens is 851 g/mol. The molecule has 0 radical (unpaired) electrons. The van der Waals surface area contributed by atoms with Crippen LogP contribution in [0.2, 0.25) is 0 Å². The van der Waals surface area contributed by atoms with Crippen LogP contribution in [0.1, 0.15) is 316 Å². The lowest BCUT2D eigenvalue weighted by molar-refractivity contribution is -0.143. The van der Waals surface area contributed by atoms with Gasteiger partial charge in [0.05, 0.1) is 25.4 Å². The number of aliphatic hydroxyl groups is 2. The molecule has 0 spiro atoms. The van der Waals surface area contributed by atoms with Gasteiger partial charge in [-0.05, 0) is 89.9 Å². The van der Waals surface area contributed by atoms with Crippen molar-refractivity contribution < 1.29 is 24.5 Å². The lowest BCUT2D eigenvalue weighted by Gasteiger charge is -2.20. The molecule has 0 bridgehead atoms. The van der Waals surface area contributed by atoms with Crippen LogP contribution >= 0.6 is 0 Å². The molecule has 0 saturated heterocycles. The van der Waals surface area contributed by atoms with E-state index in [1.165, 1.54) is 231 Å². The molecule has 0 rings (SSSR count). The zero-order chi connectivity index (χ0) is 50.0. The number of hydrogen-bond donors (Lipinski definition) is 3. The highest BCUT2D eigenvalue weighted by atomic mass is 16.5. The molecule has 6 heteroatoms. The third kappa shape index (κ3) is 55.0. The molecule has 0 aromatic rings. The maximum atomic E-state index is 12.5. The smallest absolute Gasteiger partial charge is 0.305 e. The summed E-state index contributed by atoms with van der Waals surface area (Å²) in [6, 6.07) is -0.634. The van der Waals surface area contributed by atoms with Crippen molar-refractivity contribution in [2.24, 2.45) is 0 Å². The molecule has 1 amide bonds. The van der Waals surface area contributed by atoms with E-state index in [0.29, 0.717) is 19.4 Å². The van der Waals surface area contributed by atoms with E-state index >= 15 is 0 Å². The molecule has 2 unspecified atom stereocenters. The summed E-state index contributed by atoms with van der Waals surface area (Å²) in [5, 5.41) is 23.1. The number of hydrogen-bond acceptors (Lipinski definition) is 5. The largest absolute Gasteiger partial charge is 0.466 e. The first-order valence-corrected chi connectivity index (χ1v) is 30.4. The van der Waals surface area contributed by atoms with Crippen molar-refractivity contribution >= 4 is 11.9 Å². The van der Waals surface area contributed by atoms with E-state index in [2.05, 4.69) is 55.6 Å². The maximum absolute atomic E-state index is 12.5. The Morgan fingerprint density at radius 2 is 0.725 bits per heavy atom. The van der Waals surface area contributed by atoms with Gasteiger partial charge in [0.25, 0.3) is 0 Å². The van der Waals surface area contributed by atoms with Crippen LogP contribution in [-0.2, 0) is 14.3 Å². The van der Waals surface area contributed by atoms with Crippen molar-refractivity contribution in [1.82, 2.24) is 5.32 Å². The Kier molecular flexibility index (Phi) is 56.5. The number of esters is 1. The first-order valence-electron chi connectivity index (χ1n) is 30.4. The summed E-state index contributed by atoms with van der Waals surface area (Å²) in [5.41, 5.74) is 0. The summed E-state index contributed by atoms with van der Waals surface area (Å²) >= 11 is 0. The monoisotopic (exact) mass is 968 g/mol. The summed E-state index contributed by atoms with van der Waals surface area (Å²) in [5.74, 6) is -0.0819. The van der Waals surface area contributed by atoms with Crippen LogP contribution in [0.5, 0.6) is 0 Å². The maximum Gasteiger partial charge on any atom is 0.305 e. The average Bonchev–Trinajstić information content (AvgIpc) is 3.35. The van der Waals surface area contributed by atoms with Gasteiger partial charge in [0.15, 0.2) is 0 Å². The van der Waals surface area contributed by atoms with Gasteiger partial charge in [-0.15, -0.1) is 0 Å². The number of carbonyl (C=O) groups excluding carboxylic acids is 2. The first kappa shape index (κ1) is 66.8. The summed E-state index contributed by atoms with van der Waals surface area (Å²) in [4.78, 5) is 24.5. The van der Waals surface area contributed by atoms with Gasteiger partial charge in [-0.2, -0.15) is 0 Å². The van der Waals surface area contributed by atoms with Crippen molar-refractivity contribution in [3.05, 3.63) is 48.6 Å². The topological polar surface area (TPSA) is 95.9 Å². The summed E-state index contributed by atoms with van der Waals surface area (Å²) in [7, 11) is 0. The van der Waals surface area contributed by atoms with Crippen molar-refractivity contribution in [2.75, 3.05) is 13.2 Å². The second-order valence-corrected chi connectivity index (χ2v) is 20.7. The second kappa shape index (κ2) is 58.4. The van der Waals surface area contributed by atoms with Gasteiger partial charge in [-0.3, -0.25) is 9.59 Å². The Morgan fingerprint density at radius 1 is 0.406 bits per heavy atom. The summed E-state index contributed by atoms with van der Waals surface area (Å²) in [6.45, 7) is 4.88. The van der Waals surface area contributed by atoms with Crippen molar-refractivity contribution in [2.45, 2.75) is 328 Å². The Balaban J connectivity index is 3.46. The number of rotatable bonds is 56. The number of aliphatic hydroxyl groups excluding tert-OH is 2. The molecule has 69 heavy (non-hydrogen) atoms. The quantitative estimate of drug-likeness (QED) is 0.0321. The van der Waals surface area contributed by atoms with Gasteiger partial charge in [0.1, 0.15) is 0 Å². The zero-order valence-electron chi connectivity index (χ0n) is 46.0. The summed E-state index contributed by atoms with van der Waals surface area (Å²) in [6.07, 6.45) is 74.2. The van der Waals surface area contributed by atoms with Crippen LogP contribution in [-0.4, -0.2) is 47.4 Å². The van der Waals surface area contributed by atoms with Gasteiger partial charge in [-0.25, -0.2) is 0 Å². The molecule has 0 aromatic heterocycles. The highest BCUT2D eigenvalue weighted by Gasteiger charge is 2.18. The van der Waals surface area contributed by atoms with Crippen molar-refractivity contribution in [3.63, 3.8) is 0 Å². The first-order chi connectivity index (χ1) is 34.0. The van der Waals surface area contributed by atoms with Crippen LogP contribution < -0.4 is 5.32 Å². The lowest BCUT2D eigenvalue weighted by Crippen LogP contribution is -2.45. The van der Waals surface area contributed by atoms with E-state index in [4.69, 9.17) is 4.74 Å². The van der Waals surface area contributed by atoms with Crippen LogP contribution in [0.4, 0.5) is 0 Å². The van der Waals surface area contributed by atoms with E-state index in [1.54, 1.807) is 6.08 Å². The zero-order valence-corrected chi connectivity index (χ0v) is 46.0. The Hall–Kier alpha value is -2.18. The van der Waals surface area contributed by atoms with E-state index in [1.807, 2.05) is 6.08 Å². The fourth-order valence-electron chi connectivity index (χ4n) is 9.13. The van der Waals surface area contributed by atoms with Gasteiger partial charge in [0.2, 0.25) is 5.91 Å². The molecule has 2 atom stereocenters. The van der Waals surface area contributed by atoms with Crippen LogP contribution in [0.25, 0.3) is 0 Å². The highest BCUT2D eigenvalue weighted by Crippen LogP contribution is 2.16. The molecule has 0 aliphatic heterocycles. The van der Waals surface area contributed by atoms with Gasteiger partial charge >= 0.3 is 5.97 Å².